The number of morpholine rings is 1. The molecule has 1 fully saturated rings. The number of sulfonamides is 1. The molecule has 1 aliphatic rings. The second kappa shape index (κ2) is 6.61. The molecule has 0 amide bonds. The molecule has 0 spiro atoms. The number of rotatable bonds is 6. The van der Waals surface area contributed by atoms with Crippen molar-refractivity contribution >= 4 is 10.0 Å². The Morgan fingerprint density at radius 2 is 2.35 bits per heavy atom. The van der Waals surface area contributed by atoms with Crippen molar-refractivity contribution < 1.29 is 13.2 Å². The first-order chi connectivity index (χ1) is 9.44. The number of hydrogen-bond acceptors (Lipinski definition) is 6. The van der Waals surface area contributed by atoms with E-state index in [0.29, 0.717) is 19.0 Å². The fourth-order valence-electron chi connectivity index (χ4n) is 2.13. The van der Waals surface area contributed by atoms with Gasteiger partial charge in [-0.2, -0.15) is 5.10 Å². The molecule has 0 aromatic carbocycles. The summed E-state index contributed by atoms with van der Waals surface area (Å²) in [5.74, 6) is 1.46. The Morgan fingerprint density at radius 1 is 1.55 bits per heavy atom. The van der Waals surface area contributed by atoms with Crippen LogP contribution >= 0.6 is 0 Å². The van der Waals surface area contributed by atoms with Gasteiger partial charge in [-0.1, -0.05) is 0 Å². The van der Waals surface area contributed by atoms with Gasteiger partial charge >= 0.3 is 0 Å². The highest BCUT2D eigenvalue weighted by Gasteiger charge is 2.24. The molecular weight excluding hydrogens is 282 g/mol. The number of nitrogens with one attached hydrogen (secondary N) is 2. The molecule has 0 radical (unpaired) electrons. The third kappa shape index (κ3) is 4.82. The Labute approximate surface area is 119 Å². The van der Waals surface area contributed by atoms with Crippen molar-refractivity contribution in [2.75, 3.05) is 39.0 Å². The minimum Gasteiger partial charge on any atom is -0.367 e. The van der Waals surface area contributed by atoms with E-state index in [1.165, 1.54) is 6.26 Å². The summed E-state index contributed by atoms with van der Waals surface area (Å²) in [6.07, 6.45) is 1.83. The second-order valence-corrected chi connectivity index (χ2v) is 6.79. The largest absolute Gasteiger partial charge is 0.367 e. The smallest absolute Gasteiger partial charge is 0.208 e. The van der Waals surface area contributed by atoms with Crippen molar-refractivity contribution in [3.05, 3.63) is 11.6 Å². The summed E-state index contributed by atoms with van der Waals surface area (Å²) in [6.45, 7) is 5.35. The van der Waals surface area contributed by atoms with Gasteiger partial charge in [-0.25, -0.2) is 18.1 Å². The summed E-state index contributed by atoms with van der Waals surface area (Å²) in [6, 6.07) is 0. The summed E-state index contributed by atoms with van der Waals surface area (Å²) in [5.41, 5.74) is 0. The van der Waals surface area contributed by atoms with E-state index in [9.17, 15) is 8.42 Å². The van der Waals surface area contributed by atoms with Gasteiger partial charge < -0.3 is 4.74 Å². The monoisotopic (exact) mass is 303 g/mol. The van der Waals surface area contributed by atoms with E-state index >= 15 is 0 Å². The number of nitrogens with zero attached hydrogens (tertiary/aromatic N) is 3. The third-order valence-corrected chi connectivity index (χ3v) is 3.80. The zero-order valence-corrected chi connectivity index (χ0v) is 12.6. The minimum atomic E-state index is -3.10. The number of aromatic amines is 1. The highest BCUT2D eigenvalue weighted by molar-refractivity contribution is 7.88. The molecule has 2 N–H and O–H groups in total. The fourth-order valence-corrected chi connectivity index (χ4v) is 2.64. The van der Waals surface area contributed by atoms with Crippen LogP contribution in [0.2, 0.25) is 0 Å². The first kappa shape index (κ1) is 15.4. The van der Waals surface area contributed by atoms with Crippen LogP contribution in [-0.2, 0) is 14.8 Å². The Hall–Kier alpha value is -1.03. The van der Waals surface area contributed by atoms with Crippen molar-refractivity contribution in [2.24, 2.45) is 0 Å². The average Bonchev–Trinajstić information content (AvgIpc) is 2.81. The molecule has 8 nitrogen and oxygen atoms in total. The Balaban J connectivity index is 1.76. The lowest BCUT2D eigenvalue weighted by Gasteiger charge is -2.31. The molecule has 0 saturated carbocycles. The van der Waals surface area contributed by atoms with Crippen LogP contribution in [0.15, 0.2) is 0 Å². The van der Waals surface area contributed by atoms with Crippen LogP contribution in [0.4, 0.5) is 0 Å². The third-order valence-electron chi connectivity index (χ3n) is 3.07. The zero-order valence-electron chi connectivity index (χ0n) is 11.8. The molecule has 1 saturated heterocycles. The van der Waals surface area contributed by atoms with Gasteiger partial charge in [0.2, 0.25) is 10.0 Å². The molecule has 1 unspecified atom stereocenters. The highest BCUT2D eigenvalue weighted by atomic mass is 32.2. The first-order valence-electron chi connectivity index (χ1n) is 6.61. The summed E-state index contributed by atoms with van der Waals surface area (Å²) >= 11 is 0. The van der Waals surface area contributed by atoms with E-state index in [4.69, 9.17) is 4.74 Å². The van der Waals surface area contributed by atoms with E-state index < -0.39 is 10.0 Å². The Bertz CT molecular complexity index is 530. The summed E-state index contributed by atoms with van der Waals surface area (Å²) in [4.78, 5) is 6.53. The molecule has 114 valence electrons. The number of ether oxygens (including phenoxy) is 1. The lowest BCUT2D eigenvalue weighted by Crippen LogP contribution is -2.40. The molecule has 1 atom stereocenters. The van der Waals surface area contributed by atoms with Crippen LogP contribution in [0.5, 0.6) is 0 Å². The fraction of sp³-hybridized carbons (Fsp3) is 0.818. The van der Waals surface area contributed by atoms with Crippen molar-refractivity contribution in [3.63, 3.8) is 0 Å². The van der Waals surface area contributed by atoms with Gasteiger partial charge in [0.15, 0.2) is 5.82 Å². The van der Waals surface area contributed by atoms with E-state index in [0.717, 1.165) is 31.9 Å². The molecule has 20 heavy (non-hydrogen) atoms. The van der Waals surface area contributed by atoms with Crippen molar-refractivity contribution in [1.29, 1.82) is 0 Å². The van der Waals surface area contributed by atoms with Gasteiger partial charge in [-0.05, 0) is 19.9 Å². The average molecular weight is 303 g/mol. The molecule has 1 aromatic rings. The molecule has 0 aliphatic carbocycles. The molecule has 2 heterocycles. The standard InChI is InChI=1S/C11H21N5O3S/c1-9-13-11(15-14-9)10-8-16(6-7-19-10)5-3-4-12-20(2,17)18/h10,12H,3-8H2,1-2H3,(H,13,14,15). The van der Waals surface area contributed by atoms with Crippen molar-refractivity contribution in [1.82, 2.24) is 24.8 Å². The lowest BCUT2D eigenvalue weighted by atomic mass is 10.2. The summed E-state index contributed by atoms with van der Waals surface area (Å²) < 4.78 is 30.1. The van der Waals surface area contributed by atoms with Gasteiger partial charge in [0.1, 0.15) is 11.9 Å². The molecule has 2 rings (SSSR count). The molecular formula is C11H21N5O3S. The Kier molecular flexibility index (Phi) is 5.08. The maximum absolute atomic E-state index is 11.0. The van der Waals surface area contributed by atoms with E-state index in [1.807, 2.05) is 6.92 Å². The molecule has 1 aliphatic heterocycles. The van der Waals surface area contributed by atoms with E-state index in [2.05, 4.69) is 24.8 Å². The molecule has 1 aromatic heterocycles. The lowest BCUT2D eigenvalue weighted by molar-refractivity contribution is -0.0342. The SMILES string of the molecule is Cc1nc(C2CN(CCCNS(C)(=O)=O)CCO2)n[nH]1. The van der Waals surface area contributed by atoms with E-state index in [1.54, 1.807) is 0 Å². The van der Waals surface area contributed by atoms with Crippen LogP contribution in [0.1, 0.15) is 24.2 Å². The van der Waals surface area contributed by atoms with Gasteiger partial charge in [-0.15, -0.1) is 0 Å². The van der Waals surface area contributed by atoms with Crippen LogP contribution in [0.25, 0.3) is 0 Å². The Morgan fingerprint density at radius 3 is 3.00 bits per heavy atom. The first-order valence-corrected chi connectivity index (χ1v) is 8.51. The van der Waals surface area contributed by atoms with Gasteiger partial charge in [0.25, 0.3) is 0 Å². The van der Waals surface area contributed by atoms with Gasteiger partial charge in [0, 0.05) is 19.6 Å². The number of hydrogen-bond donors (Lipinski definition) is 2. The molecule has 9 heteroatoms. The predicted octanol–water partition coefficient (Wildman–Crippen LogP) is -0.574. The minimum absolute atomic E-state index is 0.114. The highest BCUT2D eigenvalue weighted by Crippen LogP contribution is 2.18. The van der Waals surface area contributed by atoms with E-state index in [-0.39, 0.29) is 6.10 Å². The van der Waals surface area contributed by atoms with Crippen molar-refractivity contribution in [2.45, 2.75) is 19.4 Å². The summed E-state index contributed by atoms with van der Waals surface area (Å²) in [5, 5.41) is 6.94. The predicted molar refractivity (Wildman–Crippen MR) is 73.7 cm³/mol. The quantitative estimate of drug-likeness (QED) is 0.682. The maximum Gasteiger partial charge on any atom is 0.208 e. The van der Waals surface area contributed by atoms with Crippen LogP contribution in [0, 0.1) is 6.92 Å². The number of aryl methyl sites for hydroxylation is 1. The van der Waals surface area contributed by atoms with Gasteiger partial charge in [-0.3, -0.25) is 10.00 Å². The maximum atomic E-state index is 11.0. The second-order valence-electron chi connectivity index (χ2n) is 4.96. The normalized spacial score (nSPS) is 21.2. The van der Waals surface area contributed by atoms with Crippen LogP contribution in [-0.4, -0.2) is 67.5 Å². The van der Waals surface area contributed by atoms with Crippen LogP contribution < -0.4 is 4.72 Å². The van der Waals surface area contributed by atoms with Crippen LogP contribution in [0.3, 0.4) is 0 Å². The zero-order chi connectivity index (χ0) is 14.6. The van der Waals surface area contributed by atoms with Gasteiger partial charge in [0.05, 0.1) is 12.9 Å². The topological polar surface area (TPSA) is 100 Å². The number of H-pyrrole nitrogens is 1. The number of aromatic nitrogens is 3. The summed E-state index contributed by atoms with van der Waals surface area (Å²) in [7, 11) is -3.10. The molecule has 0 bridgehead atoms. The van der Waals surface area contributed by atoms with Crippen molar-refractivity contribution in [3.8, 4) is 0 Å².